The van der Waals surface area contributed by atoms with Crippen LogP contribution >= 0.6 is 0 Å². The van der Waals surface area contributed by atoms with Crippen molar-refractivity contribution < 1.29 is 9.18 Å². The third-order valence-electron chi connectivity index (χ3n) is 3.63. The van der Waals surface area contributed by atoms with Crippen molar-refractivity contribution in [1.82, 2.24) is 15.5 Å². The van der Waals surface area contributed by atoms with Crippen molar-refractivity contribution in [3.63, 3.8) is 0 Å². The highest BCUT2D eigenvalue weighted by molar-refractivity contribution is 5.94. The lowest BCUT2D eigenvalue weighted by Crippen LogP contribution is -2.39. The van der Waals surface area contributed by atoms with Gasteiger partial charge in [0.05, 0.1) is 11.3 Å². The highest BCUT2D eigenvalue weighted by Crippen LogP contribution is 2.18. The number of fused-ring (bicyclic) bond motifs is 1. The number of hydrogen-bond acceptors (Lipinski definition) is 3. The Hall–Kier alpha value is -2.50. The molecule has 1 aromatic heterocycles. The fourth-order valence-electron chi connectivity index (χ4n) is 2.57. The van der Waals surface area contributed by atoms with E-state index in [1.807, 2.05) is 0 Å². The third kappa shape index (κ3) is 2.84. The molecule has 0 saturated heterocycles. The number of carbonyl (C=O) groups excluding carboxylic acids is 1. The molecule has 0 radical (unpaired) electrons. The van der Waals surface area contributed by atoms with Gasteiger partial charge in [-0.05, 0) is 37.0 Å². The number of halogens is 1. The first-order chi connectivity index (χ1) is 10.1. The minimum Gasteiger partial charge on any atom is -0.349 e. The van der Waals surface area contributed by atoms with Gasteiger partial charge in [-0.3, -0.25) is 9.59 Å². The minimum atomic E-state index is -0.538. The van der Waals surface area contributed by atoms with Crippen LogP contribution in [0.25, 0.3) is 0 Å². The molecular formula is C15H14FN3O2. The van der Waals surface area contributed by atoms with Gasteiger partial charge in [0.25, 0.3) is 11.5 Å². The molecule has 0 saturated carbocycles. The van der Waals surface area contributed by atoms with Gasteiger partial charge in [-0.1, -0.05) is 12.1 Å². The minimum absolute atomic E-state index is 0.0346. The highest BCUT2D eigenvalue weighted by atomic mass is 19.1. The Morgan fingerprint density at radius 1 is 1.38 bits per heavy atom. The molecule has 108 valence electrons. The lowest BCUT2D eigenvalue weighted by atomic mass is 9.92. The summed E-state index contributed by atoms with van der Waals surface area (Å²) in [7, 11) is 0. The van der Waals surface area contributed by atoms with Gasteiger partial charge in [0.1, 0.15) is 5.82 Å². The number of hydrogen-bond donors (Lipinski definition) is 2. The molecule has 2 N–H and O–H groups in total. The second-order valence-electron chi connectivity index (χ2n) is 5.10. The summed E-state index contributed by atoms with van der Waals surface area (Å²) in [6.45, 7) is 0. The summed E-state index contributed by atoms with van der Waals surface area (Å²) in [5, 5.41) is 9.22. The van der Waals surface area contributed by atoms with E-state index in [1.54, 1.807) is 12.1 Å². The SMILES string of the molecule is O=C(N[C@H]1CCc2n[nH]c(=O)cc2C1)c1ccccc1F. The first-order valence-corrected chi connectivity index (χ1v) is 6.76. The van der Waals surface area contributed by atoms with Crippen molar-refractivity contribution in [3.8, 4) is 0 Å². The molecule has 0 fully saturated rings. The molecule has 21 heavy (non-hydrogen) atoms. The second kappa shape index (κ2) is 5.47. The first-order valence-electron chi connectivity index (χ1n) is 6.76. The van der Waals surface area contributed by atoms with E-state index in [0.717, 1.165) is 11.3 Å². The summed E-state index contributed by atoms with van der Waals surface area (Å²) in [5.41, 5.74) is 1.47. The molecule has 1 heterocycles. The van der Waals surface area contributed by atoms with Crippen LogP contribution in [0, 0.1) is 5.82 Å². The van der Waals surface area contributed by atoms with E-state index < -0.39 is 11.7 Å². The number of nitrogens with zero attached hydrogens (tertiary/aromatic N) is 1. The quantitative estimate of drug-likeness (QED) is 0.871. The van der Waals surface area contributed by atoms with Crippen molar-refractivity contribution in [1.29, 1.82) is 0 Å². The van der Waals surface area contributed by atoms with Gasteiger partial charge in [-0.25, -0.2) is 9.49 Å². The summed E-state index contributed by atoms with van der Waals surface area (Å²) < 4.78 is 13.6. The van der Waals surface area contributed by atoms with E-state index in [9.17, 15) is 14.0 Å². The molecule has 1 aromatic carbocycles. The maximum atomic E-state index is 13.6. The topological polar surface area (TPSA) is 74.8 Å². The predicted octanol–water partition coefficient (Wildman–Crippen LogP) is 1.20. The van der Waals surface area contributed by atoms with Gasteiger partial charge in [-0.15, -0.1) is 0 Å². The Kier molecular flexibility index (Phi) is 3.51. The summed E-state index contributed by atoms with van der Waals surface area (Å²) in [6, 6.07) is 7.26. The van der Waals surface area contributed by atoms with Crippen molar-refractivity contribution >= 4 is 5.91 Å². The number of carbonyl (C=O) groups is 1. The standard InChI is InChI=1S/C15H14FN3O2/c16-12-4-2-1-3-11(12)15(21)17-10-5-6-13-9(7-10)8-14(20)19-18-13/h1-4,8,10H,5-7H2,(H,17,21)(H,19,20)/t10-/m0/s1. The van der Waals surface area contributed by atoms with Crippen LogP contribution in [0.2, 0.25) is 0 Å². The predicted molar refractivity (Wildman–Crippen MR) is 74.5 cm³/mol. The molecule has 0 unspecified atom stereocenters. The fraction of sp³-hybridized carbons (Fsp3) is 0.267. The molecule has 1 aliphatic rings. The van der Waals surface area contributed by atoms with Crippen LogP contribution in [0.4, 0.5) is 4.39 Å². The number of rotatable bonds is 2. The Morgan fingerprint density at radius 2 is 2.19 bits per heavy atom. The van der Waals surface area contributed by atoms with Crippen LogP contribution in [0.5, 0.6) is 0 Å². The Morgan fingerprint density at radius 3 is 3.00 bits per heavy atom. The molecule has 6 heteroatoms. The van der Waals surface area contributed by atoms with Gasteiger partial charge >= 0.3 is 0 Å². The smallest absolute Gasteiger partial charge is 0.264 e. The monoisotopic (exact) mass is 287 g/mol. The van der Waals surface area contributed by atoms with Crippen LogP contribution in [-0.4, -0.2) is 22.1 Å². The van der Waals surface area contributed by atoms with Crippen LogP contribution < -0.4 is 10.9 Å². The number of aryl methyl sites for hydroxylation is 1. The van der Waals surface area contributed by atoms with Gasteiger partial charge in [-0.2, -0.15) is 5.10 Å². The van der Waals surface area contributed by atoms with E-state index >= 15 is 0 Å². The molecule has 1 amide bonds. The maximum absolute atomic E-state index is 13.6. The van der Waals surface area contributed by atoms with E-state index in [2.05, 4.69) is 15.5 Å². The molecule has 0 bridgehead atoms. The molecule has 1 aliphatic carbocycles. The Balaban J connectivity index is 1.74. The zero-order valence-electron chi connectivity index (χ0n) is 11.2. The normalized spacial score (nSPS) is 17.1. The molecule has 0 spiro atoms. The van der Waals surface area contributed by atoms with Gasteiger partial charge < -0.3 is 5.32 Å². The zero-order chi connectivity index (χ0) is 14.8. The molecule has 2 aromatic rings. The summed E-state index contributed by atoms with van der Waals surface area (Å²) in [5.74, 6) is -0.969. The first kappa shape index (κ1) is 13.5. The number of H-pyrrole nitrogens is 1. The number of aromatic nitrogens is 2. The van der Waals surface area contributed by atoms with Crippen LogP contribution in [0.3, 0.4) is 0 Å². The van der Waals surface area contributed by atoms with Gasteiger partial charge in [0.15, 0.2) is 0 Å². The average Bonchev–Trinajstić information content (AvgIpc) is 2.47. The number of benzene rings is 1. The number of aromatic amines is 1. The maximum Gasteiger partial charge on any atom is 0.264 e. The zero-order valence-corrected chi connectivity index (χ0v) is 11.2. The lowest BCUT2D eigenvalue weighted by molar-refractivity contribution is 0.0929. The summed E-state index contributed by atoms with van der Waals surface area (Å²) >= 11 is 0. The number of amides is 1. The Labute approximate surface area is 120 Å². The van der Waals surface area contributed by atoms with Gasteiger partial charge in [0, 0.05) is 12.1 Å². The van der Waals surface area contributed by atoms with Crippen LogP contribution in [0.15, 0.2) is 35.1 Å². The van der Waals surface area contributed by atoms with E-state index in [-0.39, 0.29) is 17.2 Å². The third-order valence-corrected chi connectivity index (χ3v) is 3.63. The van der Waals surface area contributed by atoms with Crippen molar-refractivity contribution in [3.05, 3.63) is 63.3 Å². The Bertz CT molecular complexity index is 742. The highest BCUT2D eigenvalue weighted by Gasteiger charge is 2.22. The molecule has 5 nitrogen and oxygen atoms in total. The van der Waals surface area contributed by atoms with Gasteiger partial charge in [0.2, 0.25) is 0 Å². The molecular weight excluding hydrogens is 273 g/mol. The van der Waals surface area contributed by atoms with E-state index in [1.165, 1.54) is 18.2 Å². The molecule has 3 rings (SSSR count). The largest absolute Gasteiger partial charge is 0.349 e. The lowest BCUT2D eigenvalue weighted by Gasteiger charge is -2.24. The van der Waals surface area contributed by atoms with Crippen LogP contribution in [0.1, 0.15) is 28.0 Å². The van der Waals surface area contributed by atoms with Crippen LogP contribution in [-0.2, 0) is 12.8 Å². The van der Waals surface area contributed by atoms with Crippen molar-refractivity contribution in [2.75, 3.05) is 0 Å². The molecule has 1 atom stereocenters. The molecule has 0 aliphatic heterocycles. The average molecular weight is 287 g/mol. The second-order valence-corrected chi connectivity index (χ2v) is 5.10. The summed E-state index contributed by atoms with van der Waals surface area (Å²) in [4.78, 5) is 23.4. The van der Waals surface area contributed by atoms with Crippen molar-refractivity contribution in [2.24, 2.45) is 0 Å². The number of nitrogens with one attached hydrogen (secondary N) is 2. The summed E-state index contributed by atoms with van der Waals surface area (Å²) in [6.07, 6.45) is 1.92. The van der Waals surface area contributed by atoms with E-state index in [4.69, 9.17) is 0 Å². The van der Waals surface area contributed by atoms with E-state index in [0.29, 0.717) is 19.3 Å². The van der Waals surface area contributed by atoms with Crippen molar-refractivity contribution in [2.45, 2.75) is 25.3 Å². The fourth-order valence-corrected chi connectivity index (χ4v) is 2.57.